The summed E-state index contributed by atoms with van der Waals surface area (Å²) in [5.74, 6) is 1.64. The van der Waals surface area contributed by atoms with Gasteiger partial charge in [-0.15, -0.1) is 0 Å². The van der Waals surface area contributed by atoms with Gasteiger partial charge in [0.1, 0.15) is 5.82 Å². The highest BCUT2D eigenvalue weighted by Gasteiger charge is 2.64. The maximum atomic E-state index is 5.70. The van der Waals surface area contributed by atoms with Crippen LogP contribution in [0.4, 0.5) is 11.8 Å². The molecule has 1 aliphatic rings. The van der Waals surface area contributed by atoms with Gasteiger partial charge < -0.3 is 11.1 Å². The number of nitrogen functional groups attached to an aromatic ring is 1. The molecule has 1 aliphatic carbocycles. The Morgan fingerprint density at radius 1 is 1.26 bits per heavy atom. The van der Waals surface area contributed by atoms with E-state index in [0.717, 1.165) is 17.7 Å². The summed E-state index contributed by atoms with van der Waals surface area (Å²) in [6, 6.07) is 0. The third-order valence-corrected chi connectivity index (χ3v) is 5.12. The van der Waals surface area contributed by atoms with Gasteiger partial charge >= 0.3 is 0 Å². The molecule has 0 spiro atoms. The molecule has 4 N–H and O–H groups in total. The number of rotatable bonds is 3. The highest BCUT2D eigenvalue weighted by molar-refractivity contribution is 5.86. The van der Waals surface area contributed by atoms with E-state index >= 15 is 0 Å². The number of hydrogen-bond acceptors (Lipinski definition) is 5. The van der Waals surface area contributed by atoms with Gasteiger partial charge in [-0.25, -0.2) is 0 Å². The van der Waals surface area contributed by atoms with Crippen molar-refractivity contribution >= 4 is 22.8 Å². The summed E-state index contributed by atoms with van der Waals surface area (Å²) in [4.78, 5) is 8.37. The molecule has 6 heteroatoms. The normalized spacial score (nSPS) is 20.6. The number of anilines is 2. The molecule has 0 atom stereocenters. The summed E-state index contributed by atoms with van der Waals surface area (Å²) in [5.41, 5.74) is 7.08. The van der Waals surface area contributed by atoms with E-state index in [9.17, 15) is 0 Å². The van der Waals surface area contributed by atoms with Crippen molar-refractivity contribution in [2.24, 2.45) is 16.7 Å². The van der Waals surface area contributed by atoms with E-state index < -0.39 is 0 Å². The Morgan fingerprint density at radius 3 is 2.58 bits per heavy atom. The Bertz CT molecular complexity index is 613. The van der Waals surface area contributed by atoms with Gasteiger partial charge in [0.05, 0.1) is 11.6 Å². The molecule has 0 bridgehead atoms. The average Bonchev–Trinajstić information content (AvgIpc) is 2.70. The molecule has 0 radical (unpaired) electrons. The molecule has 2 heterocycles. The van der Waals surface area contributed by atoms with E-state index in [1.807, 2.05) is 0 Å². The maximum Gasteiger partial charge on any atom is 0.224 e. The van der Waals surface area contributed by atoms with Crippen molar-refractivity contribution in [3.05, 3.63) is 6.20 Å². The van der Waals surface area contributed by atoms with Crippen LogP contribution in [-0.4, -0.2) is 26.7 Å². The third kappa shape index (κ3) is 1.66. The van der Waals surface area contributed by atoms with Crippen LogP contribution in [0.1, 0.15) is 27.7 Å². The van der Waals surface area contributed by atoms with Crippen molar-refractivity contribution in [1.82, 2.24) is 20.2 Å². The summed E-state index contributed by atoms with van der Waals surface area (Å²) in [6.45, 7) is 10.1. The number of nitrogens with one attached hydrogen (secondary N) is 2. The lowest BCUT2D eigenvalue weighted by molar-refractivity contribution is 0.457. The lowest BCUT2D eigenvalue weighted by atomic mass is 10.0. The molecule has 6 nitrogen and oxygen atoms in total. The number of aromatic amines is 1. The Hall–Kier alpha value is -1.85. The van der Waals surface area contributed by atoms with E-state index in [0.29, 0.717) is 22.4 Å². The lowest BCUT2D eigenvalue weighted by Gasteiger charge is -2.08. The number of fused-ring (bicyclic) bond motifs is 1. The molecule has 3 rings (SSSR count). The van der Waals surface area contributed by atoms with Crippen molar-refractivity contribution in [3.63, 3.8) is 0 Å². The van der Waals surface area contributed by atoms with Crippen LogP contribution in [-0.2, 0) is 0 Å². The molecule has 0 unspecified atom stereocenters. The van der Waals surface area contributed by atoms with Gasteiger partial charge in [0.15, 0.2) is 5.65 Å². The van der Waals surface area contributed by atoms with Gasteiger partial charge in [0.2, 0.25) is 5.95 Å². The zero-order chi connectivity index (χ0) is 13.8. The Labute approximate surface area is 112 Å². The van der Waals surface area contributed by atoms with Gasteiger partial charge in [-0.05, 0) is 16.7 Å². The van der Waals surface area contributed by atoms with Crippen LogP contribution < -0.4 is 11.1 Å². The summed E-state index contributed by atoms with van der Waals surface area (Å²) < 4.78 is 0. The Balaban J connectivity index is 1.82. The van der Waals surface area contributed by atoms with Crippen molar-refractivity contribution in [1.29, 1.82) is 0 Å². The second-order valence-corrected chi connectivity index (χ2v) is 6.44. The number of nitrogens with zero attached hydrogens (tertiary/aromatic N) is 3. The number of H-pyrrole nitrogens is 1. The number of aromatic nitrogens is 4. The zero-order valence-corrected chi connectivity index (χ0v) is 11.8. The quantitative estimate of drug-likeness (QED) is 0.785. The molecular formula is C13H20N6. The molecule has 0 aromatic carbocycles. The molecular weight excluding hydrogens is 240 g/mol. The molecule has 1 saturated carbocycles. The highest BCUT2D eigenvalue weighted by Crippen LogP contribution is 2.68. The van der Waals surface area contributed by atoms with Crippen molar-refractivity contribution in [2.75, 3.05) is 17.6 Å². The fourth-order valence-electron chi connectivity index (χ4n) is 3.03. The fraction of sp³-hybridized carbons (Fsp3) is 0.615. The van der Waals surface area contributed by atoms with Crippen molar-refractivity contribution in [2.45, 2.75) is 27.7 Å². The first-order valence-electron chi connectivity index (χ1n) is 6.54. The molecule has 1 fully saturated rings. The van der Waals surface area contributed by atoms with Crippen LogP contribution >= 0.6 is 0 Å². The smallest absolute Gasteiger partial charge is 0.224 e. The molecule has 2 aromatic heterocycles. The summed E-state index contributed by atoms with van der Waals surface area (Å²) in [7, 11) is 0. The van der Waals surface area contributed by atoms with Gasteiger partial charge in [-0.3, -0.25) is 5.10 Å². The summed E-state index contributed by atoms with van der Waals surface area (Å²) in [6.07, 6.45) is 1.72. The fourth-order valence-corrected chi connectivity index (χ4v) is 3.03. The third-order valence-electron chi connectivity index (χ3n) is 5.12. The van der Waals surface area contributed by atoms with Gasteiger partial charge in [-0.2, -0.15) is 15.1 Å². The van der Waals surface area contributed by atoms with Crippen LogP contribution in [0.3, 0.4) is 0 Å². The Kier molecular flexibility index (Phi) is 2.30. The molecule has 0 aliphatic heterocycles. The average molecular weight is 260 g/mol. The largest absolute Gasteiger partial charge is 0.369 e. The highest BCUT2D eigenvalue weighted by atomic mass is 15.2. The van der Waals surface area contributed by atoms with Crippen LogP contribution in [0, 0.1) is 16.7 Å². The topological polar surface area (TPSA) is 92.5 Å². The zero-order valence-electron chi connectivity index (χ0n) is 11.8. The van der Waals surface area contributed by atoms with Crippen LogP contribution in [0.2, 0.25) is 0 Å². The first kappa shape index (κ1) is 12.2. The second kappa shape index (κ2) is 3.59. The molecule has 102 valence electrons. The predicted octanol–water partition coefficient (Wildman–Crippen LogP) is 2.03. The van der Waals surface area contributed by atoms with Gasteiger partial charge in [-0.1, -0.05) is 27.7 Å². The number of hydrogen-bond donors (Lipinski definition) is 3. The molecule has 19 heavy (non-hydrogen) atoms. The van der Waals surface area contributed by atoms with Crippen LogP contribution in [0.25, 0.3) is 11.0 Å². The molecule has 0 amide bonds. The van der Waals surface area contributed by atoms with E-state index in [1.165, 1.54) is 0 Å². The van der Waals surface area contributed by atoms with Crippen LogP contribution in [0.15, 0.2) is 6.20 Å². The Morgan fingerprint density at radius 2 is 1.95 bits per heavy atom. The minimum Gasteiger partial charge on any atom is -0.369 e. The minimum atomic E-state index is 0.258. The van der Waals surface area contributed by atoms with E-state index in [4.69, 9.17) is 5.73 Å². The van der Waals surface area contributed by atoms with E-state index in [2.05, 4.69) is 53.2 Å². The first-order valence-corrected chi connectivity index (χ1v) is 6.54. The second-order valence-electron chi connectivity index (χ2n) is 6.44. The van der Waals surface area contributed by atoms with Crippen LogP contribution in [0.5, 0.6) is 0 Å². The van der Waals surface area contributed by atoms with E-state index in [-0.39, 0.29) is 5.95 Å². The van der Waals surface area contributed by atoms with Crippen molar-refractivity contribution < 1.29 is 0 Å². The summed E-state index contributed by atoms with van der Waals surface area (Å²) in [5, 5.41) is 11.1. The van der Waals surface area contributed by atoms with E-state index in [1.54, 1.807) is 6.20 Å². The maximum absolute atomic E-state index is 5.70. The monoisotopic (exact) mass is 260 g/mol. The first-order chi connectivity index (χ1) is 8.84. The minimum absolute atomic E-state index is 0.258. The van der Waals surface area contributed by atoms with Crippen molar-refractivity contribution in [3.8, 4) is 0 Å². The SMILES string of the molecule is CC1(C)C(CNc2nc(N)nc3[nH]ncc23)C1(C)C. The number of nitrogens with two attached hydrogens (primary N) is 1. The predicted molar refractivity (Wildman–Crippen MR) is 75.6 cm³/mol. The summed E-state index contributed by atoms with van der Waals surface area (Å²) >= 11 is 0. The standard InChI is InChI=1S/C13H20N6/c1-12(2)8(13(12,3)4)6-15-9-7-5-16-19-10(7)18-11(14)17-9/h5,8H,6H2,1-4H3,(H4,14,15,16,17,18,19). The van der Waals surface area contributed by atoms with Gasteiger partial charge in [0.25, 0.3) is 0 Å². The van der Waals surface area contributed by atoms with Gasteiger partial charge in [0, 0.05) is 6.54 Å². The molecule has 2 aromatic rings. The lowest BCUT2D eigenvalue weighted by Crippen LogP contribution is -2.10. The molecule has 0 saturated heterocycles.